The first-order chi connectivity index (χ1) is 8.94. The first kappa shape index (κ1) is 16.2. The van der Waals surface area contributed by atoms with Gasteiger partial charge in [0.1, 0.15) is 5.75 Å². The maximum absolute atomic E-state index is 10.7. The lowest BCUT2D eigenvalue weighted by atomic mass is 9.92. The molecule has 4 nitrogen and oxygen atoms in total. The molecule has 0 saturated heterocycles. The van der Waals surface area contributed by atoms with Gasteiger partial charge in [-0.2, -0.15) is 0 Å². The van der Waals surface area contributed by atoms with Gasteiger partial charge in [-0.3, -0.25) is 9.79 Å². The van der Waals surface area contributed by atoms with E-state index in [1.165, 1.54) is 24.8 Å². The maximum atomic E-state index is 10.7. The molecule has 108 valence electrons. The molecule has 1 atom stereocenters. The van der Waals surface area contributed by atoms with Crippen LogP contribution in [-0.4, -0.2) is 9.79 Å². The van der Waals surface area contributed by atoms with E-state index in [-0.39, 0.29) is 5.75 Å². The molecule has 1 rings (SSSR count). The highest BCUT2D eigenvalue weighted by atomic mass is 31.2. The molecule has 0 fully saturated rings. The van der Waals surface area contributed by atoms with Crippen LogP contribution in [0.15, 0.2) is 24.3 Å². The Kier molecular flexibility index (Phi) is 6.56. The lowest BCUT2D eigenvalue weighted by Crippen LogP contribution is -2.03. The van der Waals surface area contributed by atoms with E-state index < -0.39 is 7.82 Å². The van der Waals surface area contributed by atoms with Gasteiger partial charge in [-0.1, -0.05) is 51.7 Å². The van der Waals surface area contributed by atoms with E-state index in [0.29, 0.717) is 5.92 Å². The average molecular weight is 286 g/mol. The highest BCUT2D eigenvalue weighted by Gasteiger charge is 2.15. The minimum absolute atomic E-state index is 0.207. The van der Waals surface area contributed by atoms with E-state index in [9.17, 15) is 4.57 Å². The second kappa shape index (κ2) is 7.68. The first-order valence-corrected chi connectivity index (χ1v) is 8.31. The third-order valence-electron chi connectivity index (χ3n) is 3.22. The van der Waals surface area contributed by atoms with Crippen molar-refractivity contribution in [2.45, 2.75) is 46.0 Å². The Balaban J connectivity index is 2.58. The molecule has 2 N–H and O–H groups in total. The molecule has 0 bridgehead atoms. The summed E-state index contributed by atoms with van der Waals surface area (Å²) >= 11 is 0. The third kappa shape index (κ3) is 6.76. The summed E-state index contributed by atoms with van der Waals surface area (Å²) < 4.78 is 15.2. The monoisotopic (exact) mass is 286 g/mol. The molecule has 1 unspecified atom stereocenters. The van der Waals surface area contributed by atoms with Gasteiger partial charge in [-0.15, -0.1) is 0 Å². The van der Waals surface area contributed by atoms with Crippen LogP contribution in [0.3, 0.4) is 0 Å². The Labute approximate surface area is 115 Å². The third-order valence-corrected chi connectivity index (χ3v) is 3.66. The standard InChI is InChI=1S/C14H23O4P/c1-3-5-6-12(4-2)11-13-7-9-14(10-8-13)18-19(15,16)17/h7-10,12H,3-6,11H2,1-2H3,(H2,15,16,17). The topological polar surface area (TPSA) is 66.8 Å². The second-order valence-corrected chi connectivity index (χ2v) is 6.01. The SMILES string of the molecule is CCCCC(CC)Cc1ccc(OP(=O)(O)O)cc1. The largest absolute Gasteiger partial charge is 0.524 e. The number of hydrogen-bond donors (Lipinski definition) is 2. The quantitative estimate of drug-likeness (QED) is 0.711. The maximum Gasteiger partial charge on any atom is 0.524 e. The van der Waals surface area contributed by atoms with Crippen molar-refractivity contribution in [1.82, 2.24) is 0 Å². The molecule has 0 amide bonds. The molecule has 19 heavy (non-hydrogen) atoms. The molecule has 0 aliphatic rings. The van der Waals surface area contributed by atoms with Gasteiger partial charge in [0, 0.05) is 0 Å². The van der Waals surface area contributed by atoms with Gasteiger partial charge in [0.05, 0.1) is 0 Å². The lowest BCUT2D eigenvalue weighted by Gasteiger charge is -2.14. The van der Waals surface area contributed by atoms with Crippen LogP contribution in [0.2, 0.25) is 0 Å². The van der Waals surface area contributed by atoms with Crippen molar-refractivity contribution in [2.24, 2.45) is 5.92 Å². The van der Waals surface area contributed by atoms with Crippen molar-refractivity contribution in [3.05, 3.63) is 29.8 Å². The molecule has 1 aromatic rings. The van der Waals surface area contributed by atoms with Crippen molar-refractivity contribution < 1.29 is 18.9 Å². The number of phosphoric acid groups is 1. The fourth-order valence-corrected chi connectivity index (χ4v) is 2.50. The summed E-state index contributed by atoms with van der Waals surface area (Å²) in [6.45, 7) is 4.40. The molecule has 0 aliphatic carbocycles. The van der Waals surface area contributed by atoms with E-state index in [1.54, 1.807) is 12.1 Å². The van der Waals surface area contributed by atoms with Crippen molar-refractivity contribution in [3.63, 3.8) is 0 Å². The van der Waals surface area contributed by atoms with Crippen molar-refractivity contribution >= 4 is 7.82 Å². The van der Waals surface area contributed by atoms with E-state index in [1.807, 2.05) is 12.1 Å². The van der Waals surface area contributed by atoms with Crippen LogP contribution in [-0.2, 0) is 11.0 Å². The zero-order valence-electron chi connectivity index (χ0n) is 11.6. The summed E-state index contributed by atoms with van der Waals surface area (Å²) in [5, 5.41) is 0. The van der Waals surface area contributed by atoms with Crippen LogP contribution in [0.1, 0.15) is 45.1 Å². The Morgan fingerprint density at radius 1 is 1.21 bits per heavy atom. The lowest BCUT2D eigenvalue weighted by molar-refractivity contribution is 0.283. The van der Waals surface area contributed by atoms with Crippen LogP contribution in [0.5, 0.6) is 5.75 Å². The normalized spacial score (nSPS) is 13.3. The summed E-state index contributed by atoms with van der Waals surface area (Å²) in [4.78, 5) is 17.4. The van der Waals surface area contributed by atoms with Gasteiger partial charge >= 0.3 is 7.82 Å². The van der Waals surface area contributed by atoms with Crippen LogP contribution < -0.4 is 4.52 Å². The molecule has 1 aromatic carbocycles. The van der Waals surface area contributed by atoms with E-state index in [4.69, 9.17) is 9.79 Å². The molecule has 0 saturated carbocycles. The van der Waals surface area contributed by atoms with Gasteiger partial charge in [-0.25, -0.2) is 4.57 Å². The minimum Gasteiger partial charge on any atom is -0.404 e. The van der Waals surface area contributed by atoms with Crippen molar-refractivity contribution in [2.75, 3.05) is 0 Å². The fraction of sp³-hybridized carbons (Fsp3) is 0.571. The van der Waals surface area contributed by atoms with Gasteiger partial charge in [0.15, 0.2) is 0 Å². The number of phosphoric ester groups is 1. The smallest absolute Gasteiger partial charge is 0.404 e. The van der Waals surface area contributed by atoms with Gasteiger partial charge < -0.3 is 4.52 Å². The number of benzene rings is 1. The van der Waals surface area contributed by atoms with Crippen molar-refractivity contribution in [1.29, 1.82) is 0 Å². The van der Waals surface area contributed by atoms with Gasteiger partial charge in [-0.05, 0) is 30.0 Å². The Morgan fingerprint density at radius 3 is 2.32 bits per heavy atom. The number of hydrogen-bond acceptors (Lipinski definition) is 2. The number of unbranched alkanes of at least 4 members (excludes halogenated alkanes) is 1. The zero-order valence-corrected chi connectivity index (χ0v) is 12.5. The average Bonchev–Trinajstić information content (AvgIpc) is 2.34. The summed E-state index contributed by atoms with van der Waals surface area (Å²) in [7, 11) is -4.45. The fourth-order valence-electron chi connectivity index (χ4n) is 2.10. The molecule has 5 heteroatoms. The highest BCUT2D eigenvalue weighted by Crippen LogP contribution is 2.37. The highest BCUT2D eigenvalue weighted by molar-refractivity contribution is 7.46. The van der Waals surface area contributed by atoms with E-state index in [0.717, 1.165) is 12.8 Å². The minimum atomic E-state index is -4.45. The van der Waals surface area contributed by atoms with Crippen LogP contribution in [0, 0.1) is 5.92 Å². The summed E-state index contributed by atoms with van der Waals surface area (Å²) in [5.41, 5.74) is 1.18. The Morgan fingerprint density at radius 2 is 1.84 bits per heavy atom. The van der Waals surface area contributed by atoms with Crippen LogP contribution >= 0.6 is 7.82 Å². The molecule has 0 aromatic heterocycles. The molecule has 0 radical (unpaired) electrons. The molecular formula is C14H23O4P. The molecule has 0 heterocycles. The Hall–Kier alpha value is -0.830. The first-order valence-electron chi connectivity index (χ1n) is 6.78. The second-order valence-electron chi connectivity index (χ2n) is 4.85. The van der Waals surface area contributed by atoms with E-state index >= 15 is 0 Å². The van der Waals surface area contributed by atoms with Crippen LogP contribution in [0.25, 0.3) is 0 Å². The van der Waals surface area contributed by atoms with Gasteiger partial charge in [0.25, 0.3) is 0 Å². The molecule has 0 spiro atoms. The molecule has 0 aliphatic heterocycles. The predicted octanol–water partition coefficient (Wildman–Crippen LogP) is 3.92. The zero-order chi connectivity index (χ0) is 14.3. The summed E-state index contributed by atoms with van der Waals surface area (Å²) in [5.74, 6) is 0.882. The predicted molar refractivity (Wildman–Crippen MR) is 76.1 cm³/mol. The van der Waals surface area contributed by atoms with Crippen LogP contribution in [0.4, 0.5) is 0 Å². The summed E-state index contributed by atoms with van der Waals surface area (Å²) in [6, 6.07) is 6.97. The van der Waals surface area contributed by atoms with E-state index in [2.05, 4.69) is 18.4 Å². The Bertz CT molecular complexity index is 410. The van der Waals surface area contributed by atoms with Crippen molar-refractivity contribution in [3.8, 4) is 5.75 Å². The summed E-state index contributed by atoms with van der Waals surface area (Å²) in [6.07, 6.45) is 5.85. The number of rotatable bonds is 8. The molecular weight excluding hydrogens is 263 g/mol. The van der Waals surface area contributed by atoms with Gasteiger partial charge in [0.2, 0.25) is 0 Å².